The molecule has 2 heterocycles. The van der Waals surface area contributed by atoms with Gasteiger partial charge in [-0.3, -0.25) is 9.69 Å². The van der Waals surface area contributed by atoms with Gasteiger partial charge in [-0.15, -0.1) is 0 Å². The van der Waals surface area contributed by atoms with Crippen LogP contribution in [0, 0.1) is 0 Å². The van der Waals surface area contributed by atoms with E-state index in [2.05, 4.69) is 39.0 Å². The second kappa shape index (κ2) is 6.10. The summed E-state index contributed by atoms with van der Waals surface area (Å²) in [6.07, 6.45) is 3.38. The lowest BCUT2D eigenvalue weighted by atomic mass is 10.2. The lowest BCUT2D eigenvalue weighted by Gasteiger charge is -2.35. The SMILES string of the molecule is Cn1ccnc(N2CCN(Cc3ccccc3)CC2)c1=O. The average molecular weight is 284 g/mol. The first-order chi connectivity index (χ1) is 10.2. The third kappa shape index (κ3) is 3.13. The van der Waals surface area contributed by atoms with E-state index in [0.717, 1.165) is 32.7 Å². The van der Waals surface area contributed by atoms with Gasteiger partial charge in [0.1, 0.15) is 0 Å². The van der Waals surface area contributed by atoms with Crippen LogP contribution >= 0.6 is 0 Å². The van der Waals surface area contributed by atoms with Gasteiger partial charge in [0.05, 0.1) is 0 Å². The summed E-state index contributed by atoms with van der Waals surface area (Å²) in [5.41, 5.74) is 1.31. The molecule has 110 valence electrons. The first kappa shape index (κ1) is 13.8. The lowest BCUT2D eigenvalue weighted by Crippen LogP contribution is -2.48. The summed E-state index contributed by atoms with van der Waals surface area (Å²) in [5, 5.41) is 0. The van der Waals surface area contributed by atoms with Crippen molar-refractivity contribution in [2.75, 3.05) is 31.1 Å². The zero-order valence-corrected chi connectivity index (χ0v) is 12.3. The van der Waals surface area contributed by atoms with E-state index in [1.807, 2.05) is 6.07 Å². The van der Waals surface area contributed by atoms with Crippen molar-refractivity contribution >= 4 is 5.82 Å². The molecule has 0 bridgehead atoms. The Bertz CT molecular complexity index is 645. The molecule has 5 heteroatoms. The highest BCUT2D eigenvalue weighted by atomic mass is 16.1. The fraction of sp³-hybridized carbons (Fsp3) is 0.375. The minimum atomic E-state index is -0.0194. The fourth-order valence-electron chi connectivity index (χ4n) is 2.66. The van der Waals surface area contributed by atoms with Crippen molar-refractivity contribution in [2.24, 2.45) is 7.05 Å². The summed E-state index contributed by atoms with van der Waals surface area (Å²) in [6.45, 7) is 4.57. The number of hydrogen-bond donors (Lipinski definition) is 0. The minimum absolute atomic E-state index is 0.0194. The average Bonchev–Trinajstić information content (AvgIpc) is 2.52. The van der Waals surface area contributed by atoms with Crippen LogP contribution in [0.5, 0.6) is 0 Å². The van der Waals surface area contributed by atoms with E-state index in [4.69, 9.17) is 0 Å². The monoisotopic (exact) mass is 284 g/mol. The minimum Gasteiger partial charge on any atom is -0.349 e. The van der Waals surface area contributed by atoms with Gasteiger partial charge >= 0.3 is 0 Å². The van der Waals surface area contributed by atoms with Crippen molar-refractivity contribution in [3.05, 3.63) is 58.6 Å². The van der Waals surface area contributed by atoms with Gasteiger partial charge in [0, 0.05) is 52.2 Å². The summed E-state index contributed by atoms with van der Waals surface area (Å²) in [7, 11) is 1.76. The molecule has 1 aromatic carbocycles. The first-order valence-electron chi connectivity index (χ1n) is 7.27. The van der Waals surface area contributed by atoms with E-state index in [0.29, 0.717) is 5.82 Å². The molecule has 0 N–H and O–H groups in total. The van der Waals surface area contributed by atoms with Gasteiger partial charge in [-0.2, -0.15) is 0 Å². The maximum absolute atomic E-state index is 12.1. The number of rotatable bonds is 3. The molecule has 0 spiro atoms. The number of piperazine rings is 1. The Labute approximate surface area is 124 Å². The first-order valence-corrected chi connectivity index (χ1v) is 7.27. The van der Waals surface area contributed by atoms with Crippen LogP contribution in [0.2, 0.25) is 0 Å². The molecule has 0 amide bonds. The van der Waals surface area contributed by atoms with Crippen LogP contribution in [0.25, 0.3) is 0 Å². The van der Waals surface area contributed by atoms with Crippen LogP contribution in [-0.4, -0.2) is 40.6 Å². The highest BCUT2D eigenvalue weighted by molar-refractivity contribution is 5.36. The summed E-state index contributed by atoms with van der Waals surface area (Å²) < 4.78 is 1.58. The number of nitrogens with zero attached hydrogens (tertiary/aromatic N) is 4. The smallest absolute Gasteiger partial charge is 0.293 e. The van der Waals surface area contributed by atoms with E-state index >= 15 is 0 Å². The lowest BCUT2D eigenvalue weighted by molar-refractivity contribution is 0.249. The molecule has 1 aromatic heterocycles. The number of aryl methyl sites for hydroxylation is 1. The molecule has 0 aliphatic carbocycles. The van der Waals surface area contributed by atoms with E-state index in [-0.39, 0.29) is 5.56 Å². The maximum atomic E-state index is 12.1. The molecule has 3 rings (SSSR count). The van der Waals surface area contributed by atoms with Crippen molar-refractivity contribution in [2.45, 2.75) is 6.54 Å². The molecule has 1 saturated heterocycles. The summed E-state index contributed by atoms with van der Waals surface area (Å²) in [4.78, 5) is 20.8. The van der Waals surface area contributed by atoms with E-state index < -0.39 is 0 Å². The Morgan fingerprint density at radius 3 is 2.52 bits per heavy atom. The van der Waals surface area contributed by atoms with Crippen LogP contribution in [0.15, 0.2) is 47.5 Å². The zero-order chi connectivity index (χ0) is 14.7. The Morgan fingerprint density at radius 1 is 1.10 bits per heavy atom. The third-order valence-corrected chi connectivity index (χ3v) is 3.92. The van der Waals surface area contributed by atoms with Gasteiger partial charge in [-0.05, 0) is 5.56 Å². The normalized spacial score (nSPS) is 16.1. The van der Waals surface area contributed by atoms with Gasteiger partial charge < -0.3 is 9.47 Å². The predicted molar refractivity (Wildman–Crippen MR) is 83.4 cm³/mol. The van der Waals surface area contributed by atoms with Gasteiger partial charge in [0.15, 0.2) is 5.82 Å². The van der Waals surface area contributed by atoms with Crippen LogP contribution in [0.1, 0.15) is 5.56 Å². The summed E-state index contributed by atoms with van der Waals surface area (Å²) in [5.74, 6) is 0.569. The second-order valence-electron chi connectivity index (χ2n) is 5.42. The van der Waals surface area contributed by atoms with Gasteiger partial charge in [0.2, 0.25) is 0 Å². The highest BCUT2D eigenvalue weighted by Gasteiger charge is 2.20. The van der Waals surface area contributed by atoms with E-state index in [1.165, 1.54) is 5.56 Å². The molecule has 0 saturated carbocycles. The molecule has 21 heavy (non-hydrogen) atoms. The Balaban J connectivity index is 1.63. The predicted octanol–water partition coefficient (Wildman–Crippen LogP) is 1.10. The van der Waals surface area contributed by atoms with Crippen molar-refractivity contribution in [3.8, 4) is 0 Å². The summed E-state index contributed by atoms with van der Waals surface area (Å²) in [6, 6.07) is 10.5. The van der Waals surface area contributed by atoms with Crippen LogP contribution in [-0.2, 0) is 13.6 Å². The van der Waals surface area contributed by atoms with E-state index in [9.17, 15) is 4.79 Å². The van der Waals surface area contributed by atoms with Gasteiger partial charge in [0.25, 0.3) is 5.56 Å². The molecule has 0 atom stereocenters. The van der Waals surface area contributed by atoms with Gasteiger partial charge in [-0.1, -0.05) is 30.3 Å². The molecule has 1 aliphatic heterocycles. The molecule has 2 aromatic rings. The molecule has 5 nitrogen and oxygen atoms in total. The van der Waals surface area contributed by atoms with Crippen molar-refractivity contribution in [1.29, 1.82) is 0 Å². The zero-order valence-electron chi connectivity index (χ0n) is 12.3. The number of anilines is 1. The number of hydrogen-bond acceptors (Lipinski definition) is 4. The maximum Gasteiger partial charge on any atom is 0.293 e. The molecule has 0 unspecified atom stereocenters. The van der Waals surface area contributed by atoms with Crippen molar-refractivity contribution < 1.29 is 0 Å². The molecule has 0 radical (unpaired) electrons. The number of benzene rings is 1. The van der Waals surface area contributed by atoms with Crippen LogP contribution < -0.4 is 10.5 Å². The molecular weight excluding hydrogens is 264 g/mol. The molecular formula is C16H20N4O. The highest BCUT2D eigenvalue weighted by Crippen LogP contribution is 2.11. The largest absolute Gasteiger partial charge is 0.349 e. The Kier molecular flexibility index (Phi) is 4.01. The molecule has 1 fully saturated rings. The third-order valence-electron chi connectivity index (χ3n) is 3.92. The topological polar surface area (TPSA) is 41.4 Å². The Morgan fingerprint density at radius 2 is 1.81 bits per heavy atom. The van der Waals surface area contributed by atoms with Crippen LogP contribution in [0.4, 0.5) is 5.82 Å². The standard InChI is InChI=1S/C16H20N4O/c1-18-8-7-17-15(16(18)21)20-11-9-19(10-12-20)13-14-5-3-2-4-6-14/h2-8H,9-13H2,1H3. The van der Waals surface area contributed by atoms with Crippen molar-refractivity contribution in [3.63, 3.8) is 0 Å². The number of aromatic nitrogens is 2. The summed E-state index contributed by atoms with van der Waals surface area (Å²) >= 11 is 0. The molecule has 1 aliphatic rings. The fourth-order valence-corrected chi connectivity index (χ4v) is 2.66. The second-order valence-corrected chi connectivity index (χ2v) is 5.42. The van der Waals surface area contributed by atoms with Gasteiger partial charge in [-0.25, -0.2) is 4.98 Å². The van der Waals surface area contributed by atoms with Crippen LogP contribution in [0.3, 0.4) is 0 Å². The van der Waals surface area contributed by atoms with Crippen molar-refractivity contribution in [1.82, 2.24) is 14.5 Å². The Hall–Kier alpha value is -2.14. The van der Waals surface area contributed by atoms with E-state index in [1.54, 1.807) is 24.0 Å². The quantitative estimate of drug-likeness (QED) is 0.846.